The van der Waals surface area contributed by atoms with E-state index in [4.69, 9.17) is 11.6 Å². The molecule has 1 heterocycles. The van der Waals surface area contributed by atoms with Crippen LogP contribution in [0.5, 0.6) is 0 Å². The summed E-state index contributed by atoms with van der Waals surface area (Å²) in [5.74, 6) is -0.323. The zero-order valence-corrected chi connectivity index (χ0v) is 11.0. The van der Waals surface area contributed by atoms with Gasteiger partial charge in [0.25, 0.3) is 0 Å². The SMILES string of the molecule is Cc1cc(NC(C)c2ccc(F)cc2Cl)ccn1. The van der Waals surface area contributed by atoms with Gasteiger partial charge in [-0.1, -0.05) is 17.7 Å². The Labute approximate surface area is 111 Å². The number of benzene rings is 1. The van der Waals surface area contributed by atoms with Gasteiger partial charge >= 0.3 is 0 Å². The quantitative estimate of drug-likeness (QED) is 0.891. The Kier molecular flexibility index (Phi) is 3.82. The largest absolute Gasteiger partial charge is 0.378 e. The van der Waals surface area contributed by atoms with Gasteiger partial charge in [-0.3, -0.25) is 4.98 Å². The summed E-state index contributed by atoms with van der Waals surface area (Å²) in [6, 6.07) is 8.28. The summed E-state index contributed by atoms with van der Waals surface area (Å²) in [6.07, 6.45) is 1.75. The predicted octanol–water partition coefficient (Wildman–Crippen LogP) is 4.36. The van der Waals surface area contributed by atoms with E-state index < -0.39 is 0 Å². The number of pyridine rings is 1. The van der Waals surface area contributed by atoms with Gasteiger partial charge in [0.05, 0.1) is 0 Å². The van der Waals surface area contributed by atoms with Gasteiger partial charge in [-0.25, -0.2) is 4.39 Å². The minimum atomic E-state index is -0.323. The molecule has 0 aliphatic heterocycles. The standard InChI is InChI=1S/C14H14ClFN2/c1-9-7-12(5-6-17-9)18-10(2)13-4-3-11(16)8-14(13)15/h3-8,10H,1-2H3,(H,17,18). The van der Waals surface area contributed by atoms with E-state index >= 15 is 0 Å². The Morgan fingerprint density at radius 3 is 2.72 bits per heavy atom. The molecule has 0 amide bonds. The molecule has 1 N–H and O–H groups in total. The van der Waals surface area contributed by atoms with Crippen molar-refractivity contribution in [3.8, 4) is 0 Å². The van der Waals surface area contributed by atoms with E-state index in [-0.39, 0.29) is 11.9 Å². The Balaban J connectivity index is 2.19. The lowest BCUT2D eigenvalue weighted by atomic mass is 10.1. The fourth-order valence-corrected chi connectivity index (χ4v) is 2.15. The van der Waals surface area contributed by atoms with E-state index in [0.717, 1.165) is 16.9 Å². The molecular formula is C14H14ClFN2. The first-order valence-electron chi connectivity index (χ1n) is 5.70. The summed E-state index contributed by atoms with van der Waals surface area (Å²) >= 11 is 6.03. The molecule has 0 fully saturated rings. The molecule has 1 unspecified atom stereocenters. The lowest BCUT2D eigenvalue weighted by Gasteiger charge is -2.17. The molecule has 2 nitrogen and oxygen atoms in total. The first-order chi connectivity index (χ1) is 8.56. The van der Waals surface area contributed by atoms with Gasteiger partial charge in [0.1, 0.15) is 5.82 Å². The third-order valence-electron chi connectivity index (χ3n) is 2.71. The van der Waals surface area contributed by atoms with Crippen LogP contribution in [0, 0.1) is 12.7 Å². The topological polar surface area (TPSA) is 24.9 Å². The molecule has 0 bridgehead atoms. The van der Waals surface area contributed by atoms with Crippen molar-refractivity contribution in [2.75, 3.05) is 5.32 Å². The summed E-state index contributed by atoms with van der Waals surface area (Å²) in [5.41, 5.74) is 2.78. The molecule has 1 aromatic heterocycles. The smallest absolute Gasteiger partial charge is 0.124 e. The predicted molar refractivity (Wildman–Crippen MR) is 72.4 cm³/mol. The number of hydrogen-bond donors (Lipinski definition) is 1. The van der Waals surface area contributed by atoms with E-state index in [9.17, 15) is 4.39 Å². The lowest BCUT2D eigenvalue weighted by molar-refractivity contribution is 0.626. The monoisotopic (exact) mass is 264 g/mol. The van der Waals surface area contributed by atoms with Crippen LogP contribution in [-0.4, -0.2) is 4.98 Å². The maximum atomic E-state index is 13.0. The van der Waals surface area contributed by atoms with E-state index in [2.05, 4.69) is 10.3 Å². The Hall–Kier alpha value is -1.61. The summed E-state index contributed by atoms with van der Waals surface area (Å²) in [6.45, 7) is 3.91. The maximum absolute atomic E-state index is 13.0. The van der Waals surface area contributed by atoms with Crippen molar-refractivity contribution in [1.29, 1.82) is 0 Å². The number of anilines is 1. The molecule has 1 aromatic carbocycles. The van der Waals surface area contributed by atoms with Crippen molar-refractivity contribution < 1.29 is 4.39 Å². The van der Waals surface area contributed by atoms with Gasteiger partial charge in [0.15, 0.2) is 0 Å². The van der Waals surface area contributed by atoms with Crippen LogP contribution in [0.4, 0.5) is 10.1 Å². The Bertz CT molecular complexity index is 557. The van der Waals surface area contributed by atoms with Crippen LogP contribution in [0.1, 0.15) is 24.2 Å². The molecule has 2 rings (SSSR count). The van der Waals surface area contributed by atoms with E-state index in [1.54, 1.807) is 12.3 Å². The fraction of sp³-hybridized carbons (Fsp3) is 0.214. The second-order valence-corrected chi connectivity index (χ2v) is 4.62. The van der Waals surface area contributed by atoms with Crippen molar-refractivity contribution >= 4 is 17.3 Å². The molecule has 1 atom stereocenters. The highest BCUT2D eigenvalue weighted by atomic mass is 35.5. The highest BCUT2D eigenvalue weighted by Crippen LogP contribution is 2.26. The van der Waals surface area contributed by atoms with Crippen molar-refractivity contribution in [2.24, 2.45) is 0 Å². The van der Waals surface area contributed by atoms with Crippen molar-refractivity contribution in [1.82, 2.24) is 4.98 Å². The number of nitrogens with one attached hydrogen (secondary N) is 1. The van der Waals surface area contributed by atoms with Crippen LogP contribution in [0.15, 0.2) is 36.5 Å². The average molecular weight is 265 g/mol. The number of aryl methyl sites for hydroxylation is 1. The van der Waals surface area contributed by atoms with Crippen molar-refractivity contribution in [3.05, 3.63) is 58.6 Å². The van der Waals surface area contributed by atoms with Crippen LogP contribution in [0.2, 0.25) is 5.02 Å². The summed E-state index contributed by atoms with van der Waals surface area (Å²) in [4.78, 5) is 4.13. The lowest BCUT2D eigenvalue weighted by Crippen LogP contribution is -2.07. The molecule has 4 heteroatoms. The van der Waals surface area contributed by atoms with Crippen LogP contribution >= 0.6 is 11.6 Å². The van der Waals surface area contributed by atoms with Gasteiger partial charge in [-0.05, 0) is 43.7 Å². The van der Waals surface area contributed by atoms with E-state index in [1.165, 1.54) is 12.1 Å². The first kappa shape index (κ1) is 12.8. The normalized spacial score (nSPS) is 12.2. The highest BCUT2D eigenvalue weighted by Gasteiger charge is 2.10. The molecule has 0 aliphatic rings. The number of hydrogen-bond acceptors (Lipinski definition) is 2. The van der Waals surface area contributed by atoms with Gasteiger partial charge in [-0.2, -0.15) is 0 Å². The molecule has 0 saturated carbocycles. The molecular weight excluding hydrogens is 251 g/mol. The number of aromatic nitrogens is 1. The van der Waals surface area contributed by atoms with Gasteiger partial charge in [0, 0.05) is 28.6 Å². The number of rotatable bonds is 3. The first-order valence-corrected chi connectivity index (χ1v) is 6.08. The highest BCUT2D eigenvalue weighted by molar-refractivity contribution is 6.31. The van der Waals surface area contributed by atoms with Crippen molar-refractivity contribution in [3.63, 3.8) is 0 Å². The molecule has 0 radical (unpaired) electrons. The summed E-state index contributed by atoms with van der Waals surface area (Å²) < 4.78 is 13.0. The van der Waals surface area contributed by atoms with Crippen LogP contribution < -0.4 is 5.32 Å². The Morgan fingerprint density at radius 2 is 2.06 bits per heavy atom. The van der Waals surface area contributed by atoms with Crippen LogP contribution in [0.25, 0.3) is 0 Å². The molecule has 0 saturated heterocycles. The second-order valence-electron chi connectivity index (χ2n) is 4.22. The number of nitrogens with zero attached hydrogens (tertiary/aromatic N) is 1. The average Bonchev–Trinajstić information content (AvgIpc) is 2.28. The van der Waals surface area contributed by atoms with E-state index in [1.807, 2.05) is 26.0 Å². The van der Waals surface area contributed by atoms with Gasteiger partial charge in [0.2, 0.25) is 0 Å². The molecule has 0 aliphatic carbocycles. The molecule has 18 heavy (non-hydrogen) atoms. The fourth-order valence-electron chi connectivity index (χ4n) is 1.82. The maximum Gasteiger partial charge on any atom is 0.124 e. The molecule has 94 valence electrons. The molecule has 0 spiro atoms. The minimum Gasteiger partial charge on any atom is -0.378 e. The van der Waals surface area contributed by atoms with Crippen LogP contribution in [-0.2, 0) is 0 Å². The second kappa shape index (κ2) is 5.36. The summed E-state index contributed by atoms with van der Waals surface area (Å²) in [5, 5.41) is 3.74. The molecule has 2 aromatic rings. The zero-order valence-electron chi connectivity index (χ0n) is 10.2. The van der Waals surface area contributed by atoms with Crippen molar-refractivity contribution in [2.45, 2.75) is 19.9 Å². The third kappa shape index (κ3) is 2.99. The summed E-state index contributed by atoms with van der Waals surface area (Å²) in [7, 11) is 0. The van der Waals surface area contributed by atoms with E-state index in [0.29, 0.717) is 5.02 Å². The third-order valence-corrected chi connectivity index (χ3v) is 3.04. The minimum absolute atomic E-state index is 0.0000926. The zero-order chi connectivity index (χ0) is 13.1. The van der Waals surface area contributed by atoms with Gasteiger partial charge < -0.3 is 5.32 Å². The van der Waals surface area contributed by atoms with Gasteiger partial charge in [-0.15, -0.1) is 0 Å². The van der Waals surface area contributed by atoms with Crippen LogP contribution in [0.3, 0.4) is 0 Å². The number of halogens is 2. The Morgan fingerprint density at radius 1 is 1.28 bits per heavy atom.